The molecule has 0 aliphatic heterocycles. The van der Waals surface area contributed by atoms with Crippen molar-refractivity contribution in [2.24, 2.45) is 0 Å². The van der Waals surface area contributed by atoms with E-state index in [1.807, 2.05) is 79.7 Å². The molecule has 0 aliphatic rings. The number of rotatable bonds is 10. The molecule has 0 saturated carbocycles. The van der Waals surface area contributed by atoms with Gasteiger partial charge in [-0.1, -0.05) is 30.3 Å². The van der Waals surface area contributed by atoms with Crippen LogP contribution in [0.4, 0.5) is 10.1 Å². The van der Waals surface area contributed by atoms with E-state index >= 15 is 0 Å². The Morgan fingerprint density at radius 1 is 0.915 bits per heavy atom. The zero-order valence-corrected chi connectivity index (χ0v) is 25.8. The Morgan fingerprint density at radius 2 is 1.77 bits per heavy atom. The molecule has 0 atom stereocenters. The smallest absolute Gasteiger partial charge is 0.228 e. The molecule has 0 radical (unpaired) electrons. The molecule has 0 aliphatic carbocycles. The number of fused-ring (bicyclic) bond motifs is 2. The van der Waals surface area contributed by atoms with Crippen molar-refractivity contribution in [2.75, 3.05) is 32.6 Å². The van der Waals surface area contributed by atoms with Gasteiger partial charge in [0, 0.05) is 41.5 Å². The Labute approximate surface area is 269 Å². The average molecular weight is 627 g/mol. The third kappa shape index (κ3) is 6.56. The molecule has 234 valence electrons. The number of carbonyl (C=O) groups is 1. The number of hydrogen-bond acceptors (Lipinski definition) is 7. The molecule has 11 heteroatoms. The number of pyridine rings is 3. The van der Waals surface area contributed by atoms with Gasteiger partial charge in [0.1, 0.15) is 29.4 Å². The van der Waals surface area contributed by atoms with Crippen molar-refractivity contribution < 1.29 is 13.9 Å². The highest BCUT2D eigenvalue weighted by Gasteiger charge is 2.17. The summed E-state index contributed by atoms with van der Waals surface area (Å²) in [6, 6.07) is 21.9. The van der Waals surface area contributed by atoms with Gasteiger partial charge < -0.3 is 19.9 Å². The minimum atomic E-state index is -0.389. The van der Waals surface area contributed by atoms with Crippen LogP contribution >= 0.6 is 0 Å². The highest BCUT2D eigenvalue weighted by Crippen LogP contribution is 2.35. The van der Waals surface area contributed by atoms with Gasteiger partial charge in [0.2, 0.25) is 5.91 Å². The first-order chi connectivity index (χ1) is 22.9. The third-order valence-corrected chi connectivity index (χ3v) is 7.72. The lowest BCUT2D eigenvalue weighted by Gasteiger charge is -2.12. The molecule has 3 N–H and O–H groups in total. The first-order valence-corrected chi connectivity index (χ1v) is 15.1. The maximum absolute atomic E-state index is 14.7. The zero-order valence-electron chi connectivity index (χ0n) is 25.8. The molecule has 1 amide bonds. The maximum atomic E-state index is 14.7. The summed E-state index contributed by atoms with van der Waals surface area (Å²) < 4.78 is 20.5. The lowest BCUT2D eigenvalue weighted by atomic mass is 10.0. The average Bonchev–Trinajstić information content (AvgIpc) is 3.69. The van der Waals surface area contributed by atoms with E-state index in [0.717, 1.165) is 38.8 Å². The predicted molar refractivity (Wildman–Crippen MR) is 180 cm³/mol. The van der Waals surface area contributed by atoms with Crippen molar-refractivity contribution >= 4 is 33.5 Å². The molecule has 7 rings (SSSR count). The largest absolute Gasteiger partial charge is 0.492 e. The first-order valence-electron chi connectivity index (χ1n) is 15.1. The number of benzene rings is 2. The lowest BCUT2D eigenvalue weighted by Crippen LogP contribution is -2.19. The minimum absolute atomic E-state index is 0.130. The quantitative estimate of drug-likeness (QED) is 0.159. The number of nitrogens with zero attached hydrogens (tertiary/aromatic N) is 5. The summed E-state index contributed by atoms with van der Waals surface area (Å²) in [7, 11) is 3.92. The fourth-order valence-corrected chi connectivity index (χ4v) is 5.44. The summed E-state index contributed by atoms with van der Waals surface area (Å²) in [5.74, 6) is -0.0620. The van der Waals surface area contributed by atoms with E-state index in [9.17, 15) is 9.18 Å². The van der Waals surface area contributed by atoms with Gasteiger partial charge in [-0.05, 0) is 61.6 Å². The number of amides is 1. The summed E-state index contributed by atoms with van der Waals surface area (Å²) in [6.45, 7) is 1.15. The van der Waals surface area contributed by atoms with Gasteiger partial charge in [-0.15, -0.1) is 0 Å². The van der Waals surface area contributed by atoms with E-state index in [0.29, 0.717) is 47.1 Å². The van der Waals surface area contributed by atoms with Crippen LogP contribution in [0.2, 0.25) is 0 Å². The zero-order chi connectivity index (χ0) is 32.3. The van der Waals surface area contributed by atoms with Gasteiger partial charge in [0.15, 0.2) is 0 Å². The standard InChI is InChI=1S/C36H31FN8O2/c1-45(2)10-11-47-27-15-23(13-25(37)16-27)29-20-39-21-33-28(29)17-32(41-33)36-35-31(43-44-36)9-8-30(42-35)24-14-26(19-38-18-24)40-34(46)12-22-6-4-3-5-7-22/h3-9,13-21,41H,10-12H2,1-2H3,(H,40,46)(H,43,44). The minimum Gasteiger partial charge on any atom is -0.492 e. The van der Waals surface area contributed by atoms with Crippen LogP contribution in [0.15, 0.2) is 97.6 Å². The number of H-pyrrole nitrogens is 2. The molecular weight excluding hydrogens is 595 g/mol. The number of hydrogen-bond donors (Lipinski definition) is 3. The molecule has 5 heterocycles. The Hall–Kier alpha value is -5.94. The monoisotopic (exact) mass is 626 g/mol. The molecule has 7 aromatic rings. The first kappa shape index (κ1) is 29.8. The van der Waals surface area contributed by atoms with E-state index < -0.39 is 0 Å². The van der Waals surface area contributed by atoms with E-state index in [-0.39, 0.29) is 18.1 Å². The summed E-state index contributed by atoms with van der Waals surface area (Å²) in [6.07, 6.45) is 7.03. The molecular formula is C36H31FN8O2. The number of carbonyl (C=O) groups excluding carboxylic acids is 1. The molecule has 0 bridgehead atoms. The number of nitrogens with one attached hydrogen (secondary N) is 3. The summed E-state index contributed by atoms with van der Waals surface area (Å²) in [5.41, 5.74) is 7.87. The fraction of sp³-hybridized carbons (Fsp3) is 0.139. The van der Waals surface area contributed by atoms with Crippen LogP contribution in [0.25, 0.3) is 55.7 Å². The van der Waals surface area contributed by atoms with Crippen LogP contribution in [0, 0.1) is 5.82 Å². The SMILES string of the molecule is CN(C)CCOc1cc(F)cc(-c2cncc3[nH]c(-c4n[nH]c5ccc(-c6cncc(NC(=O)Cc7ccccc7)c6)nc45)cc23)c1. The van der Waals surface area contributed by atoms with Crippen molar-refractivity contribution in [2.45, 2.75) is 6.42 Å². The van der Waals surface area contributed by atoms with Crippen molar-refractivity contribution in [1.29, 1.82) is 0 Å². The Kier molecular flexibility index (Phi) is 8.11. The number of likely N-dealkylation sites (N-methyl/N-ethyl adjacent to an activating group) is 1. The van der Waals surface area contributed by atoms with Crippen molar-refractivity contribution in [3.63, 3.8) is 0 Å². The van der Waals surface area contributed by atoms with Crippen molar-refractivity contribution in [3.8, 4) is 39.5 Å². The third-order valence-electron chi connectivity index (χ3n) is 7.72. The molecule has 0 unspecified atom stereocenters. The van der Waals surface area contributed by atoms with Gasteiger partial charge in [0.05, 0.1) is 46.9 Å². The van der Waals surface area contributed by atoms with Gasteiger partial charge in [-0.2, -0.15) is 5.10 Å². The second-order valence-corrected chi connectivity index (χ2v) is 11.5. The number of halogens is 1. The second-order valence-electron chi connectivity index (χ2n) is 11.5. The highest BCUT2D eigenvalue weighted by molar-refractivity contribution is 6.00. The van der Waals surface area contributed by atoms with Crippen LogP contribution in [-0.2, 0) is 11.2 Å². The number of aromatic nitrogens is 6. The summed E-state index contributed by atoms with van der Waals surface area (Å²) in [5, 5.41) is 11.4. The van der Waals surface area contributed by atoms with Crippen LogP contribution in [-0.4, -0.2) is 68.2 Å². The van der Waals surface area contributed by atoms with Crippen LogP contribution in [0.1, 0.15) is 5.56 Å². The van der Waals surface area contributed by atoms with Gasteiger partial charge in [-0.25, -0.2) is 9.37 Å². The molecule has 2 aromatic carbocycles. The van der Waals surface area contributed by atoms with Crippen LogP contribution in [0.3, 0.4) is 0 Å². The van der Waals surface area contributed by atoms with Crippen molar-refractivity contribution in [1.82, 2.24) is 35.0 Å². The van der Waals surface area contributed by atoms with Crippen LogP contribution < -0.4 is 10.1 Å². The second kappa shape index (κ2) is 12.8. The van der Waals surface area contributed by atoms with Gasteiger partial charge >= 0.3 is 0 Å². The Balaban J connectivity index is 1.18. The normalized spacial score (nSPS) is 11.4. The van der Waals surface area contributed by atoms with E-state index in [1.165, 1.54) is 12.1 Å². The Morgan fingerprint density at radius 3 is 2.62 bits per heavy atom. The molecule has 0 saturated heterocycles. The number of ether oxygens (including phenoxy) is 1. The van der Waals surface area contributed by atoms with Crippen LogP contribution in [0.5, 0.6) is 5.75 Å². The summed E-state index contributed by atoms with van der Waals surface area (Å²) >= 11 is 0. The number of aromatic amines is 2. The lowest BCUT2D eigenvalue weighted by molar-refractivity contribution is -0.115. The van der Waals surface area contributed by atoms with E-state index in [1.54, 1.807) is 24.8 Å². The topological polar surface area (TPSA) is 125 Å². The van der Waals surface area contributed by atoms with E-state index in [2.05, 4.69) is 30.5 Å². The van der Waals surface area contributed by atoms with Crippen molar-refractivity contribution in [3.05, 3.63) is 109 Å². The van der Waals surface area contributed by atoms with Gasteiger partial charge in [0.25, 0.3) is 0 Å². The highest BCUT2D eigenvalue weighted by atomic mass is 19.1. The molecule has 0 fully saturated rings. The van der Waals surface area contributed by atoms with E-state index in [4.69, 9.17) is 9.72 Å². The summed E-state index contributed by atoms with van der Waals surface area (Å²) in [4.78, 5) is 31.8. The molecule has 5 aromatic heterocycles. The Bertz CT molecular complexity index is 2210. The number of anilines is 1. The van der Waals surface area contributed by atoms with Gasteiger partial charge in [-0.3, -0.25) is 19.9 Å². The fourth-order valence-electron chi connectivity index (χ4n) is 5.44. The molecule has 0 spiro atoms. The molecule has 47 heavy (non-hydrogen) atoms. The predicted octanol–water partition coefficient (Wildman–Crippen LogP) is 6.49. The maximum Gasteiger partial charge on any atom is 0.228 e. The molecule has 10 nitrogen and oxygen atoms in total.